The summed E-state index contributed by atoms with van der Waals surface area (Å²) < 4.78 is 0. The Labute approximate surface area is 170 Å². The van der Waals surface area contributed by atoms with Crippen molar-refractivity contribution in [1.82, 2.24) is 0 Å². The maximum atomic E-state index is 2.39. The number of rotatable bonds is 5. The summed E-state index contributed by atoms with van der Waals surface area (Å²) in [5.74, 6) is 2.28. The lowest BCUT2D eigenvalue weighted by molar-refractivity contribution is 0.186. The molecule has 1 saturated carbocycles. The van der Waals surface area contributed by atoms with Gasteiger partial charge in [0.1, 0.15) is 0 Å². The van der Waals surface area contributed by atoms with Crippen LogP contribution in [0.15, 0.2) is 91.0 Å². The van der Waals surface area contributed by atoms with Crippen LogP contribution in [0.5, 0.6) is 0 Å². The monoisotopic (exact) mass is 368 g/mol. The fourth-order valence-electron chi connectivity index (χ4n) is 5.53. The minimum absolute atomic E-state index is 0.0776. The second-order valence-corrected chi connectivity index (χ2v) is 8.76. The summed E-state index contributed by atoms with van der Waals surface area (Å²) in [7, 11) is 0. The highest BCUT2D eigenvalue weighted by atomic mass is 14.5. The highest BCUT2D eigenvalue weighted by molar-refractivity contribution is 5.51. The lowest BCUT2D eigenvalue weighted by Crippen LogP contribution is -2.40. The van der Waals surface area contributed by atoms with E-state index in [1.165, 1.54) is 42.4 Å². The van der Waals surface area contributed by atoms with Gasteiger partial charge in [0.05, 0.1) is 0 Å². The molecule has 0 amide bonds. The first kappa shape index (κ1) is 19.0. The molecule has 144 valence electrons. The molecule has 4 rings (SSSR count). The summed E-state index contributed by atoms with van der Waals surface area (Å²) >= 11 is 0. The van der Waals surface area contributed by atoms with Gasteiger partial charge in [-0.1, -0.05) is 105 Å². The molecule has 0 unspecified atom stereocenters. The Kier molecular flexibility index (Phi) is 5.67. The van der Waals surface area contributed by atoms with E-state index in [9.17, 15) is 0 Å². The molecule has 3 aromatic carbocycles. The first-order valence-corrected chi connectivity index (χ1v) is 10.9. The van der Waals surface area contributed by atoms with Crippen LogP contribution < -0.4 is 0 Å². The van der Waals surface area contributed by atoms with E-state index in [0.29, 0.717) is 5.92 Å². The van der Waals surface area contributed by atoms with E-state index in [1.54, 1.807) is 0 Å². The predicted molar refractivity (Wildman–Crippen MR) is 119 cm³/mol. The number of benzene rings is 3. The zero-order chi connectivity index (χ0) is 19.4. The molecule has 28 heavy (non-hydrogen) atoms. The Bertz CT molecular complexity index is 744. The zero-order valence-corrected chi connectivity index (χ0v) is 17.2. The standard InChI is InChI=1S/C28H32/c1-22(2)23-18-20-27(21-19-23)28(24-12-6-3-7-13-24,25-14-8-4-9-15-25)26-16-10-5-11-17-26/h3-17,22-23,27H,18-21H2,1-2H3. The number of hydrogen-bond donors (Lipinski definition) is 0. The first-order chi connectivity index (χ1) is 13.7. The van der Waals surface area contributed by atoms with Crippen molar-refractivity contribution in [3.63, 3.8) is 0 Å². The van der Waals surface area contributed by atoms with Crippen molar-refractivity contribution < 1.29 is 0 Å². The van der Waals surface area contributed by atoms with Gasteiger partial charge in [-0.25, -0.2) is 0 Å². The Balaban J connectivity index is 1.90. The van der Waals surface area contributed by atoms with Crippen LogP contribution in [0.25, 0.3) is 0 Å². The lowest BCUT2D eigenvalue weighted by atomic mass is 9.57. The molecule has 0 N–H and O–H groups in total. The Morgan fingerprint density at radius 1 is 0.571 bits per heavy atom. The van der Waals surface area contributed by atoms with Crippen molar-refractivity contribution in [1.29, 1.82) is 0 Å². The third-order valence-electron chi connectivity index (χ3n) is 7.01. The molecule has 0 radical (unpaired) electrons. The average molecular weight is 369 g/mol. The van der Waals surface area contributed by atoms with E-state index in [0.717, 1.165) is 11.8 Å². The van der Waals surface area contributed by atoms with Crippen LogP contribution in [0.1, 0.15) is 56.2 Å². The van der Waals surface area contributed by atoms with Gasteiger partial charge in [-0.05, 0) is 60.1 Å². The third kappa shape index (κ3) is 3.41. The van der Waals surface area contributed by atoms with E-state index in [1.807, 2.05) is 0 Å². The van der Waals surface area contributed by atoms with Gasteiger partial charge in [-0.3, -0.25) is 0 Å². The normalized spacial score (nSPS) is 20.2. The summed E-state index contributed by atoms with van der Waals surface area (Å²) in [6, 6.07) is 33.7. The second-order valence-electron chi connectivity index (χ2n) is 8.76. The first-order valence-electron chi connectivity index (χ1n) is 10.9. The molecule has 0 spiro atoms. The molecule has 0 heteroatoms. The van der Waals surface area contributed by atoms with Crippen LogP contribution >= 0.6 is 0 Å². The molecule has 0 aromatic heterocycles. The van der Waals surface area contributed by atoms with E-state index >= 15 is 0 Å². The predicted octanol–water partition coefficient (Wildman–Crippen LogP) is 7.48. The van der Waals surface area contributed by atoms with Crippen LogP contribution in [0.2, 0.25) is 0 Å². The van der Waals surface area contributed by atoms with Crippen molar-refractivity contribution in [2.75, 3.05) is 0 Å². The molecule has 0 atom stereocenters. The van der Waals surface area contributed by atoms with Crippen LogP contribution in [-0.4, -0.2) is 0 Å². The highest BCUT2D eigenvalue weighted by Crippen LogP contribution is 2.51. The van der Waals surface area contributed by atoms with Crippen molar-refractivity contribution >= 4 is 0 Å². The molecular weight excluding hydrogens is 336 g/mol. The summed E-state index contributed by atoms with van der Waals surface area (Å²) in [5, 5.41) is 0. The van der Waals surface area contributed by atoms with Crippen molar-refractivity contribution in [2.45, 2.75) is 44.9 Å². The molecule has 1 fully saturated rings. The van der Waals surface area contributed by atoms with Gasteiger partial charge in [0, 0.05) is 5.41 Å². The van der Waals surface area contributed by atoms with Gasteiger partial charge >= 0.3 is 0 Å². The molecule has 3 aromatic rings. The quantitative estimate of drug-likeness (QED) is 0.409. The largest absolute Gasteiger partial charge is 0.0625 e. The van der Waals surface area contributed by atoms with Crippen molar-refractivity contribution in [3.05, 3.63) is 108 Å². The summed E-state index contributed by atoms with van der Waals surface area (Å²) in [6.07, 6.45) is 5.27. The molecule has 1 aliphatic rings. The molecule has 1 aliphatic carbocycles. The Morgan fingerprint density at radius 2 is 0.929 bits per heavy atom. The topological polar surface area (TPSA) is 0 Å². The summed E-state index contributed by atoms with van der Waals surface area (Å²) in [6.45, 7) is 4.79. The average Bonchev–Trinajstić information content (AvgIpc) is 2.77. The van der Waals surface area contributed by atoms with Crippen molar-refractivity contribution in [2.24, 2.45) is 17.8 Å². The van der Waals surface area contributed by atoms with E-state index in [-0.39, 0.29) is 5.41 Å². The van der Waals surface area contributed by atoms with Gasteiger partial charge in [-0.2, -0.15) is 0 Å². The van der Waals surface area contributed by atoms with Gasteiger partial charge in [0.15, 0.2) is 0 Å². The smallest absolute Gasteiger partial charge is 0.0479 e. The van der Waals surface area contributed by atoms with Crippen molar-refractivity contribution in [3.8, 4) is 0 Å². The SMILES string of the molecule is CC(C)C1CCC(C(c2ccccc2)(c2ccccc2)c2ccccc2)CC1. The van der Waals surface area contributed by atoms with Gasteiger partial charge in [0.2, 0.25) is 0 Å². The van der Waals surface area contributed by atoms with Gasteiger partial charge < -0.3 is 0 Å². The number of hydrogen-bond acceptors (Lipinski definition) is 0. The molecule has 0 aliphatic heterocycles. The third-order valence-corrected chi connectivity index (χ3v) is 7.01. The molecule has 0 nitrogen and oxygen atoms in total. The van der Waals surface area contributed by atoms with E-state index in [4.69, 9.17) is 0 Å². The van der Waals surface area contributed by atoms with E-state index < -0.39 is 0 Å². The van der Waals surface area contributed by atoms with Crippen LogP contribution in [-0.2, 0) is 5.41 Å². The fourth-order valence-corrected chi connectivity index (χ4v) is 5.53. The van der Waals surface area contributed by atoms with Crippen LogP contribution in [0.3, 0.4) is 0 Å². The maximum absolute atomic E-state index is 2.39. The summed E-state index contributed by atoms with van der Waals surface area (Å²) in [4.78, 5) is 0. The molecule has 0 heterocycles. The molecule has 0 bridgehead atoms. The fraction of sp³-hybridized carbons (Fsp3) is 0.357. The highest BCUT2D eigenvalue weighted by Gasteiger charge is 2.44. The second kappa shape index (κ2) is 8.35. The Hall–Kier alpha value is -2.34. The Morgan fingerprint density at radius 3 is 1.25 bits per heavy atom. The van der Waals surface area contributed by atoms with Crippen LogP contribution in [0.4, 0.5) is 0 Å². The maximum Gasteiger partial charge on any atom is 0.0479 e. The van der Waals surface area contributed by atoms with Crippen LogP contribution in [0, 0.1) is 17.8 Å². The van der Waals surface area contributed by atoms with Gasteiger partial charge in [0.25, 0.3) is 0 Å². The van der Waals surface area contributed by atoms with E-state index in [2.05, 4.69) is 105 Å². The minimum Gasteiger partial charge on any atom is -0.0625 e. The molecule has 0 saturated heterocycles. The molecular formula is C28H32. The lowest BCUT2D eigenvalue weighted by Gasteiger charge is -2.46. The van der Waals surface area contributed by atoms with Gasteiger partial charge in [-0.15, -0.1) is 0 Å². The minimum atomic E-state index is -0.0776. The summed E-state index contributed by atoms with van der Waals surface area (Å²) in [5.41, 5.74) is 4.22. The zero-order valence-electron chi connectivity index (χ0n) is 17.2.